The van der Waals surface area contributed by atoms with Gasteiger partial charge in [0.15, 0.2) is 0 Å². The maximum absolute atomic E-state index is 12.1. The Bertz CT molecular complexity index is 1010. The fourth-order valence-corrected chi connectivity index (χ4v) is 6.04. The molecule has 0 heterocycles. The summed E-state index contributed by atoms with van der Waals surface area (Å²) < 4.78 is 30.2. The Morgan fingerprint density at radius 3 is 2.52 bits per heavy atom. The zero-order valence-corrected chi connectivity index (χ0v) is 22.2. The average Bonchev–Trinajstić information content (AvgIpc) is 2.76. The fraction of sp³-hybridized carbons (Fsp3) is 0.520. The zero-order valence-electron chi connectivity index (χ0n) is 19.1. The molecule has 0 radical (unpaired) electrons. The van der Waals surface area contributed by atoms with Gasteiger partial charge in [-0.15, -0.1) is 12.4 Å². The molecule has 3 rings (SSSR count). The minimum atomic E-state index is -3.00. The zero-order chi connectivity index (χ0) is 23.1. The van der Waals surface area contributed by atoms with Crippen molar-refractivity contribution in [1.82, 2.24) is 0 Å². The summed E-state index contributed by atoms with van der Waals surface area (Å²) in [6.45, 7) is 2.45. The largest absolute Gasteiger partial charge is 0.494 e. The lowest BCUT2D eigenvalue weighted by Crippen LogP contribution is -2.34. The van der Waals surface area contributed by atoms with Crippen LogP contribution in [0.15, 0.2) is 36.4 Å². The van der Waals surface area contributed by atoms with Gasteiger partial charge in [0.2, 0.25) is 0 Å². The molecule has 33 heavy (non-hydrogen) atoms. The van der Waals surface area contributed by atoms with E-state index in [1.165, 1.54) is 11.1 Å². The van der Waals surface area contributed by atoms with E-state index < -0.39 is 9.84 Å². The summed E-state index contributed by atoms with van der Waals surface area (Å²) in [5, 5.41) is 1.10. The van der Waals surface area contributed by atoms with Crippen molar-refractivity contribution in [3.63, 3.8) is 0 Å². The number of rotatable bonds is 11. The second kappa shape index (κ2) is 13.2. The first kappa shape index (κ1) is 28.3. The number of sulfone groups is 1. The van der Waals surface area contributed by atoms with Gasteiger partial charge < -0.3 is 10.5 Å². The summed E-state index contributed by atoms with van der Waals surface area (Å²) in [6.07, 6.45) is 5.88. The van der Waals surface area contributed by atoms with E-state index >= 15 is 0 Å². The molecule has 0 aromatic heterocycles. The molecular formula is C25H34Cl3NO3S. The van der Waals surface area contributed by atoms with Gasteiger partial charge >= 0.3 is 0 Å². The lowest BCUT2D eigenvalue weighted by molar-refractivity contribution is 0.316. The lowest BCUT2D eigenvalue weighted by atomic mass is 9.76. The van der Waals surface area contributed by atoms with Gasteiger partial charge in [0.25, 0.3) is 0 Å². The van der Waals surface area contributed by atoms with Crippen molar-refractivity contribution in [2.75, 3.05) is 18.1 Å². The van der Waals surface area contributed by atoms with Crippen LogP contribution in [0.1, 0.15) is 61.6 Å². The van der Waals surface area contributed by atoms with Crippen LogP contribution in [0.25, 0.3) is 0 Å². The van der Waals surface area contributed by atoms with E-state index in [2.05, 4.69) is 19.1 Å². The third-order valence-corrected chi connectivity index (χ3v) is 8.71. The van der Waals surface area contributed by atoms with E-state index in [9.17, 15) is 8.42 Å². The molecule has 2 atom stereocenters. The summed E-state index contributed by atoms with van der Waals surface area (Å²) in [5.74, 6) is 1.37. The number of unbranched alkanes of at least 4 members (excludes halogenated alkanes) is 2. The second-order valence-corrected chi connectivity index (χ2v) is 11.8. The summed E-state index contributed by atoms with van der Waals surface area (Å²) in [5.41, 5.74) is 10.1. The Morgan fingerprint density at radius 1 is 1.03 bits per heavy atom. The van der Waals surface area contributed by atoms with Crippen molar-refractivity contribution in [3.8, 4) is 5.75 Å². The topological polar surface area (TPSA) is 69.4 Å². The predicted octanol–water partition coefficient (Wildman–Crippen LogP) is 6.39. The monoisotopic (exact) mass is 533 g/mol. The number of aryl methyl sites for hydroxylation is 1. The lowest BCUT2D eigenvalue weighted by Gasteiger charge is -2.32. The molecule has 1 aliphatic rings. The number of ether oxygens (including phenoxy) is 1. The van der Waals surface area contributed by atoms with Crippen molar-refractivity contribution in [3.05, 3.63) is 63.1 Å². The Morgan fingerprint density at radius 2 is 1.79 bits per heavy atom. The van der Waals surface area contributed by atoms with Gasteiger partial charge in [-0.1, -0.05) is 55.1 Å². The van der Waals surface area contributed by atoms with Gasteiger partial charge in [-0.25, -0.2) is 8.42 Å². The van der Waals surface area contributed by atoms with Crippen LogP contribution in [-0.4, -0.2) is 32.6 Å². The highest BCUT2D eigenvalue weighted by Crippen LogP contribution is 2.36. The molecule has 1 aliphatic carbocycles. The van der Waals surface area contributed by atoms with Crippen molar-refractivity contribution in [2.24, 2.45) is 5.73 Å². The summed E-state index contributed by atoms with van der Waals surface area (Å²) >= 11 is 12.3. The van der Waals surface area contributed by atoms with E-state index in [1.807, 2.05) is 24.3 Å². The fourth-order valence-electron chi connectivity index (χ4n) is 4.31. The Labute approximate surface area is 214 Å². The van der Waals surface area contributed by atoms with Crippen LogP contribution >= 0.6 is 35.6 Å². The highest BCUT2D eigenvalue weighted by atomic mass is 35.5. The van der Waals surface area contributed by atoms with Gasteiger partial charge in [0.05, 0.1) is 28.2 Å². The van der Waals surface area contributed by atoms with Crippen LogP contribution in [0.4, 0.5) is 0 Å². The molecule has 4 nitrogen and oxygen atoms in total. The maximum atomic E-state index is 12.1. The molecule has 0 spiro atoms. The number of hydrogen-bond acceptors (Lipinski definition) is 4. The van der Waals surface area contributed by atoms with Crippen LogP contribution in [0.5, 0.6) is 5.75 Å². The predicted molar refractivity (Wildman–Crippen MR) is 141 cm³/mol. The van der Waals surface area contributed by atoms with E-state index in [-0.39, 0.29) is 35.9 Å². The molecule has 8 heteroatoms. The van der Waals surface area contributed by atoms with Gasteiger partial charge in [0, 0.05) is 12.0 Å². The van der Waals surface area contributed by atoms with Crippen LogP contribution in [0, 0.1) is 0 Å². The van der Waals surface area contributed by atoms with Gasteiger partial charge in [-0.05, 0) is 73.1 Å². The highest BCUT2D eigenvalue weighted by molar-refractivity contribution is 7.91. The van der Waals surface area contributed by atoms with E-state index in [0.717, 1.165) is 49.8 Å². The minimum absolute atomic E-state index is 0. The number of hydrogen-bond donors (Lipinski definition) is 1. The number of fused-ring (bicyclic) bond motifs is 1. The van der Waals surface area contributed by atoms with E-state index in [0.29, 0.717) is 23.1 Å². The Hall–Kier alpha value is -0.980. The first-order valence-corrected chi connectivity index (χ1v) is 14.0. The summed E-state index contributed by atoms with van der Waals surface area (Å²) in [7, 11) is -3.00. The molecule has 2 aromatic rings. The molecule has 0 fully saturated rings. The third-order valence-electron chi connectivity index (χ3n) is 6.15. The van der Waals surface area contributed by atoms with Gasteiger partial charge in [-0.3, -0.25) is 0 Å². The number of nitrogens with two attached hydrogens (primary N) is 1. The SMILES string of the molecule is CCCCCS(=O)(=O)CCCOc1ccc2c(c1)C(Cc1ccc(Cl)c(Cl)c1)C(N)CC2.Cl. The molecule has 2 unspecified atom stereocenters. The summed E-state index contributed by atoms with van der Waals surface area (Å²) in [6, 6.07) is 11.9. The van der Waals surface area contributed by atoms with Crippen molar-refractivity contribution >= 4 is 45.4 Å². The molecule has 2 N–H and O–H groups in total. The quantitative estimate of drug-likeness (QED) is 0.339. The second-order valence-electron chi connectivity index (χ2n) is 8.68. The molecule has 2 aromatic carbocycles. The third kappa shape index (κ3) is 8.32. The standard InChI is InChI=1S/C25H33Cl2NO3S.ClH/c1-2-3-4-13-32(29,30)14-5-12-31-20-9-7-19-8-11-25(28)22(21(19)17-20)15-18-6-10-23(26)24(27)16-18;/h6-7,9-10,16-17,22,25H,2-5,8,11-15,28H2,1H3;1H. The first-order chi connectivity index (χ1) is 15.3. The number of halogens is 3. The summed E-state index contributed by atoms with van der Waals surface area (Å²) in [4.78, 5) is 0. The van der Waals surface area contributed by atoms with Crippen molar-refractivity contribution in [1.29, 1.82) is 0 Å². The van der Waals surface area contributed by atoms with E-state index in [1.54, 1.807) is 0 Å². The van der Waals surface area contributed by atoms with Crippen molar-refractivity contribution in [2.45, 2.75) is 63.8 Å². The average molecular weight is 535 g/mol. The maximum Gasteiger partial charge on any atom is 0.150 e. The molecule has 0 saturated carbocycles. The van der Waals surface area contributed by atoms with Crippen LogP contribution in [0.2, 0.25) is 10.0 Å². The van der Waals surface area contributed by atoms with Gasteiger partial charge in [0.1, 0.15) is 15.6 Å². The minimum Gasteiger partial charge on any atom is -0.494 e. The van der Waals surface area contributed by atoms with Crippen molar-refractivity contribution < 1.29 is 13.2 Å². The molecule has 0 saturated heterocycles. The highest BCUT2D eigenvalue weighted by Gasteiger charge is 2.28. The molecule has 0 aliphatic heterocycles. The molecule has 0 amide bonds. The smallest absolute Gasteiger partial charge is 0.150 e. The van der Waals surface area contributed by atoms with Gasteiger partial charge in [-0.2, -0.15) is 0 Å². The van der Waals surface area contributed by atoms with Crippen LogP contribution < -0.4 is 10.5 Å². The van der Waals surface area contributed by atoms with Crippen LogP contribution in [-0.2, 0) is 22.7 Å². The number of benzene rings is 2. The first-order valence-electron chi connectivity index (χ1n) is 11.4. The van der Waals surface area contributed by atoms with Crippen LogP contribution in [0.3, 0.4) is 0 Å². The van der Waals surface area contributed by atoms with E-state index in [4.69, 9.17) is 33.7 Å². The Balaban J connectivity index is 0.00000385. The molecule has 184 valence electrons. The molecule has 0 bridgehead atoms. The Kier molecular flexibility index (Phi) is 11.3. The molecular weight excluding hydrogens is 501 g/mol. The normalized spacial score (nSPS) is 17.8.